The molecular formula is C14H18N4O. The van der Waals surface area contributed by atoms with Crippen LogP contribution in [0.1, 0.15) is 24.0 Å². The van der Waals surface area contributed by atoms with Crippen molar-refractivity contribution in [3.8, 4) is 0 Å². The molecule has 0 unspecified atom stereocenters. The molecule has 0 spiro atoms. The van der Waals surface area contributed by atoms with E-state index in [1.54, 1.807) is 0 Å². The molecule has 0 bridgehead atoms. The zero-order valence-electron chi connectivity index (χ0n) is 11.1. The topological polar surface area (TPSA) is 69.1 Å². The van der Waals surface area contributed by atoms with Gasteiger partial charge in [-0.3, -0.25) is 4.79 Å². The summed E-state index contributed by atoms with van der Waals surface area (Å²) >= 11 is 0. The third-order valence-electron chi connectivity index (χ3n) is 3.47. The van der Waals surface area contributed by atoms with E-state index < -0.39 is 0 Å². The van der Waals surface area contributed by atoms with Crippen molar-refractivity contribution in [2.75, 3.05) is 13.1 Å². The minimum Gasteiger partial charge on any atom is -0.342 e. The lowest BCUT2D eigenvalue weighted by atomic mass is 10.0. The van der Waals surface area contributed by atoms with Crippen molar-refractivity contribution in [1.82, 2.24) is 4.90 Å². The number of nitrogens with zero attached hydrogens (tertiary/aromatic N) is 4. The van der Waals surface area contributed by atoms with E-state index in [4.69, 9.17) is 5.53 Å². The van der Waals surface area contributed by atoms with Gasteiger partial charge in [0.2, 0.25) is 5.91 Å². The number of azide groups is 1. The van der Waals surface area contributed by atoms with Crippen LogP contribution in [0.3, 0.4) is 0 Å². The van der Waals surface area contributed by atoms with Gasteiger partial charge in [-0.25, -0.2) is 0 Å². The molecule has 1 aliphatic rings. The molecule has 1 aliphatic heterocycles. The van der Waals surface area contributed by atoms with Gasteiger partial charge in [-0.2, -0.15) is 0 Å². The molecule has 1 heterocycles. The van der Waals surface area contributed by atoms with Crippen LogP contribution in [0.15, 0.2) is 29.4 Å². The van der Waals surface area contributed by atoms with Gasteiger partial charge in [0.1, 0.15) is 0 Å². The van der Waals surface area contributed by atoms with E-state index in [0.717, 1.165) is 18.4 Å². The van der Waals surface area contributed by atoms with E-state index in [-0.39, 0.29) is 11.9 Å². The number of benzene rings is 1. The first-order chi connectivity index (χ1) is 9.19. The Bertz CT molecular complexity index is 500. The highest BCUT2D eigenvalue weighted by Gasteiger charge is 2.21. The van der Waals surface area contributed by atoms with Crippen LogP contribution in [0.25, 0.3) is 10.4 Å². The monoisotopic (exact) mass is 258 g/mol. The molecule has 1 aromatic rings. The molecule has 1 fully saturated rings. The number of amides is 1. The Labute approximate surface area is 112 Å². The number of likely N-dealkylation sites (tertiary alicyclic amines) is 1. The molecule has 0 saturated carbocycles. The lowest BCUT2D eigenvalue weighted by Gasteiger charge is -2.30. The quantitative estimate of drug-likeness (QED) is 0.467. The minimum atomic E-state index is 0.0491. The van der Waals surface area contributed by atoms with Crippen LogP contribution in [-0.4, -0.2) is 29.9 Å². The molecule has 100 valence electrons. The van der Waals surface area contributed by atoms with Crippen LogP contribution in [0.2, 0.25) is 0 Å². The molecular weight excluding hydrogens is 240 g/mol. The lowest BCUT2D eigenvalue weighted by Crippen LogP contribution is -2.40. The zero-order chi connectivity index (χ0) is 13.7. The Morgan fingerprint density at radius 3 is 2.84 bits per heavy atom. The maximum Gasteiger partial charge on any atom is 0.226 e. The number of aryl methyl sites for hydroxylation is 1. The summed E-state index contributed by atoms with van der Waals surface area (Å²) in [5.74, 6) is 0.157. The van der Waals surface area contributed by atoms with Crippen LogP contribution in [-0.2, 0) is 11.2 Å². The number of piperidine rings is 1. The fourth-order valence-electron chi connectivity index (χ4n) is 2.41. The van der Waals surface area contributed by atoms with Gasteiger partial charge in [-0.05, 0) is 30.9 Å². The van der Waals surface area contributed by atoms with Gasteiger partial charge in [-0.15, -0.1) is 0 Å². The SMILES string of the molecule is Cc1cccc(CC(=O)N2CCC(N=[N+]=[N-])CC2)c1. The van der Waals surface area contributed by atoms with Crippen molar-refractivity contribution in [1.29, 1.82) is 0 Å². The smallest absolute Gasteiger partial charge is 0.226 e. The predicted octanol–water partition coefficient (Wildman–Crippen LogP) is 2.84. The predicted molar refractivity (Wildman–Crippen MR) is 73.6 cm³/mol. The molecule has 0 aromatic heterocycles. The molecule has 19 heavy (non-hydrogen) atoms. The van der Waals surface area contributed by atoms with Gasteiger partial charge in [0.15, 0.2) is 0 Å². The second-order valence-corrected chi connectivity index (χ2v) is 4.98. The highest BCUT2D eigenvalue weighted by molar-refractivity contribution is 5.78. The van der Waals surface area contributed by atoms with E-state index in [0.29, 0.717) is 19.5 Å². The number of carbonyl (C=O) groups is 1. The average molecular weight is 258 g/mol. The van der Waals surface area contributed by atoms with E-state index in [1.807, 2.05) is 36.1 Å². The van der Waals surface area contributed by atoms with E-state index in [2.05, 4.69) is 10.0 Å². The van der Waals surface area contributed by atoms with E-state index in [1.165, 1.54) is 5.56 Å². The van der Waals surface area contributed by atoms with Crippen LogP contribution >= 0.6 is 0 Å². The molecule has 1 saturated heterocycles. The molecule has 0 radical (unpaired) electrons. The summed E-state index contributed by atoms with van der Waals surface area (Å²) in [5.41, 5.74) is 10.6. The first-order valence-electron chi connectivity index (χ1n) is 6.56. The molecule has 5 heteroatoms. The number of hydrogen-bond acceptors (Lipinski definition) is 2. The summed E-state index contributed by atoms with van der Waals surface area (Å²) in [6, 6.07) is 8.08. The van der Waals surface area contributed by atoms with Crippen LogP contribution in [0.4, 0.5) is 0 Å². The molecule has 0 aliphatic carbocycles. The van der Waals surface area contributed by atoms with Crippen molar-refractivity contribution in [3.05, 3.63) is 45.8 Å². The molecule has 2 rings (SSSR count). The van der Waals surface area contributed by atoms with Crippen LogP contribution < -0.4 is 0 Å². The number of hydrogen-bond donors (Lipinski definition) is 0. The number of carbonyl (C=O) groups excluding carboxylic acids is 1. The van der Waals surface area contributed by atoms with Crippen molar-refractivity contribution < 1.29 is 4.79 Å². The third kappa shape index (κ3) is 3.73. The highest BCUT2D eigenvalue weighted by Crippen LogP contribution is 2.15. The molecule has 0 atom stereocenters. The van der Waals surface area contributed by atoms with E-state index in [9.17, 15) is 4.79 Å². The maximum absolute atomic E-state index is 12.2. The summed E-state index contributed by atoms with van der Waals surface area (Å²) in [6.45, 7) is 3.40. The first kappa shape index (κ1) is 13.4. The zero-order valence-corrected chi connectivity index (χ0v) is 11.1. The summed E-state index contributed by atoms with van der Waals surface area (Å²) < 4.78 is 0. The molecule has 1 amide bonds. The number of rotatable bonds is 3. The Morgan fingerprint density at radius 1 is 1.47 bits per heavy atom. The Hall–Kier alpha value is -2.00. The van der Waals surface area contributed by atoms with Crippen molar-refractivity contribution in [2.45, 2.75) is 32.2 Å². The van der Waals surface area contributed by atoms with Crippen LogP contribution in [0, 0.1) is 6.92 Å². The van der Waals surface area contributed by atoms with Crippen molar-refractivity contribution >= 4 is 5.91 Å². The highest BCUT2D eigenvalue weighted by atomic mass is 16.2. The summed E-state index contributed by atoms with van der Waals surface area (Å²) in [5, 5.41) is 3.72. The van der Waals surface area contributed by atoms with Gasteiger partial charge < -0.3 is 4.90 Å². The largest absolute Gasteiger partial charge is 0.342 e. The fourth-order valence-corrected chi connectivity index (χ4v) is 2.41. The van der Waals surface area contributed by atoms with Gasteiger partial charge in [0.25, 0.3) is 0 Å². The Morgan fingerprint density at radius 2 is 2.21 bits per heavy atom. The summed E-state index contributed by atoms with van der Waals surface area (Å²) in [4.78, 5) is 16.9. The van der Waals surface area contributed by atoms with Crippen LogP contribution in [0.5, 0.6) is 0 Å². The molecule has 1 aromatic carbocycles. The second-order valence-electron chi connectivity index (χ2n) is 4.98. The standard InChI is InChI=1S/C14H18N4O/c1-11-3-2-4-12(9-11)10-14(19)18-7-5-13(6-8-18)16-17-15/h2-4,9,13H,5-8,10H2,1H3. The minimum absolute atomic E-state index is 0.0491. The molecule has 0 N–H and O–H groups in total. The van der Waals surface area contributed by atoms with Crippen molar-refractivity contribution in [2.24, 2.45) is 5.11 Å². The van der Waals surface area contributed by atoms with Gasteiger partial charge in [0, 0.05) is 24.0 Å². The van der Waals surface area contributed by atoms with Gasteiger partial charge >= 0.3 is 0 Å². The summed E-state index contributed by atoms with van der Waals surface area (Å²) in [6.07, 6.45) is 1.99. The third-order valence-corrected chi connectivity index (χ3v) is 3.47. The van der Waals surface area contributed by atoms with E-state index >= 15 is 0 Å². The normalized spacial score (nSPS) is 15.9. The first-order valence-corrected chi connectivity index (χ1v) is 6.56. The fraction of sp³-hybridized carbons (Fsp3) is 0.500. The molecule has 5 nitrogen and oxygen atoms in total. The van der Waals surface area contributed by atoms with Crippen molar-refractivity contribution in [3.63, 3.8) is 0 Å². The van der Waals surface area contributed by atoms with Gasteiger partial charge in [0.05, 0.1) is 6.42 Å². The van der Waals surface area contributed by atoms with Gasteiger partial charge in [-0.1, -0.05) is 34.9 Å². The second kappa shape index (κ2) is 6.25. The lowest BCUT2D eigenvalue weighted by molar-refractivity contribution is -0.131. The Balaban J connectivity index is 1.89. The average Bonchev–Trinajstić information content (AvgIpc) is 2.40. The summed E-state index contributed by atoms with van der Waals surface area (Å²) in [7, 11) is 0. The maximum atomic E-state index is 12.2. The Kier molecular flexibility index (Phi) is 4.42.